The molecule has 0 N–H and O–H groups in total. The van der Waals surface area contributed by atoms with Crippen molar-refractivity contribution in [3.8, 4) is 0 Å². The van der Waals surface area contributed by atoms with Gasteiger partial charge in [0.05, 0.1) is 0 Å². The summed E-state index contributed by atoms with van der Waals surface area (Å²) in [5, 5.41) is 0.124. The first-order chi connectivity index (χ1) is 11.7. The van der Waals surface area contributed by atoms with Gasteiger partial charge in [0.1, 0.15) is 6.10 Å². The highest BCUT2D eigenvalue weighted by atomic mass is 28.4. The molecule has 1 saturated heterocycles. The van der Waals surface area contributed by atoms with E-state index in [-0.39, 0.29) is 17.0 Å². The van der Waals surface area contributed by atoms with E-state index in [1.165, 1.54) is 5.56 Å². The molecule has 0 unspecified atom stereocenters. The van der Waals surface area contributed by atoms with Crippen molar-refractivity contribution >= 4 is 14.2 Å². The van der Waals surface area contributed by atoms with Crippen LogP contribution in [-0.2, 0) is 15.8 Å². The molecule has 0 aliphatic carbocycles. The summed E-state index contributed by atoms with van der Waals surface area (Å²) in [6.07, 6.45) is 3.99. The zero-order valence-electron chi connectivity index (χ0n) is 16.8. The second-order valence-electron chi connectivity index (χ2n) is 8.85. The summed E-state index contributed by atoms with van der Waals surface area (Å²) < 4.78 is 6.50. The SMILES string of the molecule is CCCC[C@@H]1C[C@H](O[Si](C)(C)C(C)(C)C)C(=O)N1Cc1ccccc1. The van der Waals surface area contributed by atoms with Crippen LogP contribution in [-0.4, -0.2) is 31.3 Å². The van der Waals surface area contributed by atoms with Gasteiger partial charge in [0, 0.05) is 19.0 Å². The Hall–Kier alpha value is -1.13. The first-order valence-corrected chi connectivity index (χ1v) is 12.6. The third-order valence-corrected chi connectivity index (χ3v) is 10.3. The molecule has 4 heteroatoms. The Morgan fingerprint density at radius 2 is 1.84 bits per heavy atom. The molecule has 25 heavy (non-hydrogen) atoms. The average Bonchev–Trinajstić information content (AvgIpc) is 2.81. The molecule has 140 valence electrons. The number of hydrogen-bond acceptors (Lipinski definition) is 2. The maximum atomic E-state index is 13.1. The van der Waals surface area contributed by atoms with E-state index in [1.807, 2.05) is 18.2 Å². The van der Waals surface area contributed by atoms with Gasteiger partial charge < -0.3 is 9.33 Å². The molecule has 1 heterocycles. The number of unbranched alkanes of at least 4 members (excludes halogenated alkanes) is 1. The Labute approximate surface area is 154 Å². The number of rotatable bonds is 7. The monoisotopic (exact) mass is 361 g/mol. The Bertz CT molecular complexity index is 565. The van der Waals surface area contributed by atoms with Crippen LogP contribution < -0.4 is 0 Å². The first kappa shape index (κ1) is 20.2. The van der Waals surface area contributed by atoms with Crippen molar-refractivity contribution in [2.45, 2.75) is 90.2 Å². The van der Waals surface area contributed by atoms with Crippen molar-refractivity contribution in [1.29, 1.82) is 0 Å². The molecule has 1 aliphatic rings. The summed E-state index contributed by atoms with van der Waals surface area (Å²) in [4.78, 5) is 15.2. The van der Waals surface area contributed by atoms with Gasteiger partial charge in [-0.05, 0) is 30.1 Å². The van der Waals surface area contributed by atoms with E-state index in [1.54, 1.807) is 0 Å². The molecule has 1 fully saturated rings. The Kier molecular flexibility index (Phi) is 6.49. The van der Waals surface area contributed by atoms with Crippen LogP contribution in [0, 0.1) is 0 Å². The van der Waals surface area contributed by atoms with Crippen LogP contribution >= 0.6 is 0 Å². The van der Waals surface area contributed by atoms with Crippen LogP contribution in [0.1, 0.15) is 58.9 Å². The zero-order valence-corrected chi connectivity index (χ0v) is 17.8. The molecule has 0 bridgehead atoms. The molecule has 0 saturated carbocycles. The third kappa shape index (κ3) is 4.95. The molecule has 1 amide bonds. The van der Waals surface area contributed by atoms with Crippen molar-refractivity contribution in [3.05, 3.63) is 35.9 Å². The van der Waals surface area contributed by atoms with Gasteiger partial charge in [-0.25, -0.2) is 0 Å². The third-order valence-electron chi connectivity index (χ3n) is 5.82. The van der Waals surface area contributed by atoms with Crippen molar-refractivity contribution in [2.75, 3.05) is 0 Å². The van der Waals surface area contributed by atoms with Crippen molar-refractivity contribution in [3.63, 3.8) is 0 Å². The van der Waals surface area contributed by atoms with E-state index < -0.39 is 8.32 Å². The molecular formula is C21H35NO2Si. The van der Waals surface area contributed by atoms with Gasteiger partial charge in [0.2, 0.25) is 0 Å². The van der Waals surface area contributed by atoms with Crippen LogP contribution in [0.25, 0.3) is 0 Å². The standard InChI is InChI=1S/C21H35NO2Si/c1-7-8-14-18-15-19(24-25(5,6)21(2,3)4)20(23)22(18)16-17-12-10-9-11-13-17/h9-13,18-19H,7-8,14-16H2,1-6H3/t18-,19+/m1/s1. The van der Waals surface area contributed by atoms with E-state index in [0.29, 0.717) is 12.6 Å². The lowest BCUT2D eigenvalue weighted by Gasteiger charge is -2.37. The van der Waals surface area contributed by atoms with Crippen LogP contribution in [0.3, 0.4) is 0 Å². The zero-order chi connectivity index (χ0) is 18.7. The van der Waals surface area contributed by atoms with E-state index in [4.69, 9.17) is 4.43 Å². The lowest BCUT2D eigenvalue weighted by molar-refractivity contribution is -0.135. The van der Waals surface area contributed by atoms with Gasteiger partial charge in [0.25, 0.3) is 5.91 Å². The summed E-state index contributed by atoms with van der Waals surface area (Å²) in [6, 6.07) is 10.6. The van der Waals surface area contributed by atoms with Crippen LogP contribution in [0.2, 0.25) is 18.1 Å². The summed E-state index contributed by atoms with van der Waals surface area (Å²) in [7, 11) is -1.94. The second-order valence-corrected chi connectivity index (χ2v) is 13.6. The highest BCUT2D eigenvalue weighted by molar-refractivity contribution is 6.74. The molecule has 1 aromatic rings. The fourth-order valence-corrected chi connectivity index (χ4v) is 4.43. The summed E-state index contributed by atoms with van der Waals surface area (Å²) >= 11 is 0. The van der Waals surface area contributed by atoms with E-state index in [9.17, 15) is 4.79 Å². The van der Waals surface area contributed by atoms with Crippen LogP contribution in [0.5, 0.6) is 0 Å². The Morgan fingerprint density at radius 1 is 1.20 bits per heavy atom. The van der Waals surface area contributed by atoms with Gasteiger partial charge in [-0.2, -0.15) is 0 Å². The quantitative estimate of drug-likeness (QED) is 0.611. The summed E-state index contributed by atoms with van der Waals surface area (Å²) in [5.41, 5.74) is 1.20. The van der Waals surface area contributed by atoms with Crippen LogP contribution in [0.15, 0.2) is 30.3 Å². The number of carbonyl (C=O) groups excluding carboxylic acids is 1. The second kappa shape index (κ2) is 8.04. The van der Waals surface area contributed by atoms with Gasteiger partial charge in [-0.15, -0.1) is 0 Å². The Balaban J connectivity index is 2.15. The number of carbonyl (C=O) groups is 1. The van der Waals surface area contributed by atoms with Crippen molar-refractivity contribution in [1.82, 2.24) is 4.90 Å². The minimum absolute atomic E-state index is 0.124. The molecule has 2 rings (SSSR count). The molecule has 3 nitrogen and oxygen atoms in total. The van der Waals surface area contributed by atoms with E-state index in [2.05, 4.69) is 57.8 Å². The Morgan fingerprint density at radius 3 is 2.40 bits per heavy atom. The number of likely N-dealkylation sites (tertiary alicyclic amines) is 1. The molecular weight excluding hydrogens is 326 g/mol. The maximum Gasteiger partial charge on any atom is 0.251 e. The van der Waals surface area contributed by atoms with Crippen molar-refractivity contribution in [2.24, 2.45) is 0 Å². The van der Waals surface area contributed by atoms with Crippen molar-refractivity contribution < 1.29 is 9.22 Å². The molecule has 2 atom stereocenters. The molecule has 1 aromatic carbocycles. The molecule has 0 radical (unpaired) electrons. The fraction of sp³-hybridized carbons (Fsp3) is 0.667. The number of hydrogen-bond donors (Lipinski definition) is 0. The highest BCUT2D eigenvalue weighted by Gasteiger charge is 2.46. The number of nitrogens with zero attached hydrogens (tertiary/aromatic N) is 1. The van der Waals surface area contributed by atoms with Gasteiger partial charge >= 0.3 is 0 Å². The topological polar surface area (TPSA) is 29.5 Å². The van der Waals surface area contributed by atoms with Gasteiger partial charge in [-0.3, -0.25) is 4.79 Å². The lowest BCUT2D eigenvalue weighted by atomic mass is 10.1. The average molecular weight is 362 g/mol. The predicted molar refractivity (Wildman–Crippen MR) is 107 cm³/mol. The molecule has 1 aliphatic heterocycles. The van der Waals surface area contributed by atoms with Crippen LogP contribution in [0.4, 0.5) is 0 Å². The minimum Gasteiger partial charge on any atom is -0.405 e. The maximum absolute atomic E-state index is 13.1. The highest BCUT2D eigenvalue weighted by Crippen LogP contribution is 2.39. The van der Waals surface area contributed by atoms with Gasteiger partial charge in [-0.1, -0.05) is 70.9 Å². The molecule has 0 spiro atoms. The smallest absolute Gasteiger partial charge is 0.251 e. The normalized spacial score (nSPS) is 21.8. The van der Waals surface area contributed by atoms with Gasteiger partial charge in [0.15, 0.2) is 8.32 Å². The first-order valence-electron chi connectivity index (χ1n) is 9.68. The fourth-order valence-electron chi connectivity index (χ4n) is 3.17. The largest absolute Gasteiger partial charge is 0.405 e. The summed E-state index contributed by atoms with van der Waals surface area (Å²) in [5.74, 6) is 0.190. The van der Waals surface area contributed by atoms with E-state index in [0.717, 1.165) is 25.7 Å². The lowest BCUT2D eigenvalue weighted by Crippen LogP contribution is -2.46. The number of amides is 1. The summed E-state index contributed by atoms with van der Waals surface area (Å²) in [6.45, 7) is 14.1. The minimum atomic E-state index is -1.94. The number of benzene rings is 1. The molecule has 0 aromatic heterocycles. The van der Waals surface area contributed by atoms with E-state index >= 15 is 0 Å². The predicted octanol–water partition coefficient (Wildman–Crippen LogP) is 5.37.